The largest absolute Gasteiger partial charge is 0.428 e. The summed E-state index contributed by atoms with van der Waals surface area (Å²) in [5.74, 6) is -0.415. The Kier molecular flexibility index (Phi) is 7.35. The second kappa shape index (κ2) is 8.05. The van der Waals surface area contributed by atoms with Crippen molar-refractivity contribution in [2.75, 3.05) is 6.79 Å². The lowest BCUT2D eigenvalue weighted by Gasteiger charge is -2.10. The van der Waals surface area contributed by atoms with E-state index in [4.69, 9.17) is 5.11 Å². The molecule has 6 nitrogen and oxygen atoms in total. The predicted octanol–water partition coefficient (Wildman–Crippen LogP) is 0.742. The van der Waals surface area contributed by atoms with Gasteiger partial charge in [0, 0.05) is 6.42 Å². The number of hydrogen-bond acceptors (Lipinski definition) is 5. The Morgan fingerprint density at radius 2 is 2.00 bits per heavy atom. The number of aliphatic hydroxyl groups excluding tert-OH is 1. The Morgan fingerprint density at radius 3 is 2.53 bits per heavy atom. The molecule has 0 rings (SSSR count). The van der Waals surface area contributed by atoms with Crippen molar-refractivity contribution in [3.63, 3.8) is 0 Å². The molecule has 0 aliphatic heterocycles. The van der Waals surface area contributed by atoms with Crippen LogP contribution >= 0.6 is 0 Å². The summed E-state index contributed by atoms with van der Waals surface area (Å²) in [6.07, 6.45) is -0.398. The highest BCUT2D eigenvalue weighted by Crippen LogP contribution is 1.92. The van der Waals surface area contributed by atoms with Crippen LogP contribution < -0.4 is 5.32 Å². The highest BCUT2D eigenvalue weighted by atomic mass is 16.7. The molecule has 0 saturated carbocycles. The molecule has 0 aliphatic carbocycles. The van der Waals surface area contributed by atoms with Crippen molar-refractivity contribution < 1.29 is 24.2 Å². The Labute approximate surface area is 88.6 Å². The zero-order valence-electron chi connectivity index (χ0n) is 8.99. The molecule has 0 bridgehead atoms. The topological polar surface area (TPSA) is 84.9 Å². The third-order valence-corrected chi connectivity index (χ3v) is 1.54. The van der Waals surface area contributed by atoms with E-state index >= 15 is 0 Å². The molecule has 1 atom stereocenters. The normalized spacial score (nSPS) is 11.7. The number of nitrogens with one attached hydrogen (secondary N) is 1. The first-order valence-corrected chi connectivity index (χ1v) is 4.87. The van der Waals surface area contributed by atoms with Crippen LogP contribution in [0, 0.1) is 0 Å². The average Bonchev–Trinajstić information content (AvgIpc) is 2.18. The van der Waals surface area contributed by atoms with E-state index in [9.17, 15) is 9.59 Å². The first kappa shape index (κ1) is 13.7. The lowest BCUT2D eigenvalue weighted by Crippen LogP contribution is -2.35. The van der Waals surface area contributed by atoms with Crippen LogP contribution in [0.25, 0.3) is 0 Å². The molecule has 0 fully saturated rings. The van der Waals surface area contributed by atoms with Gasteiger partial charge in [0.15, 0.2) is 0 Å². The number of ether oxygens (including phenoxy) is 2. The molecule has 1 unspecified atom stereocenters. The summed E-state index contributed by atoms with van der Waals surface area (Å²) in [5, 5.41) is 11.1. The predicted molar refractivity (Wildman–Crippen MR) is 51.8 cm³/mol. The van der Waals surface area contributed by atoms with Crippen LogP contribution in [-0.2, 0) is 14.3 Å². The third kappa shape index (κ3) is 7.75. The second-order valence-corrected chi connectivity index (χ2v) is 2.88. The van der Waals surface area contributed by atoms with Crippen molar-refractivity contribution in [3.8, 4) is 0 Å². The Balaban J connectivity index is 3.50. The molecule has 0 radical (unpaired) electrons. The van der Waals surface area contributed by atoms with Gasteiger partial charge in [0.1, 0.15) is 6.23 Å². The zero-order chi connectivity index (χ0) is 11.7. The van der Waals surface area contributed by atoms with Crippen molar-refractivity contribution in [1.29, 1.82) is 0 Å². The highest BCUT2D eigenvalue weighted by Gasteiger charge is 2.08. The van der Waals surface area contributed by atoms with Crippen LogP contribution in [-0.4, -0.2) is 30.2 Å². The first-order valence-electron chi connectivity index (χ1n) is 4.87. The van der Waals surface area contributed by atoms with Crippen LogP contribution in [0.5, 0.6) is 0 Å². The smallest absolute Gasteiger partial charge is 0.412 e. The Bertz CT molecular complexity index is 207. The third-order valence-electron chi connectivity index (χ3n) is 1.54. The number of esters is 1. The van der Waals surface area contributed by atoms with Gasteiger partial charge in [0.25, 0.3) is 0 Å². The summed E-state index contributed by atoms with van der Waals surface area (Å²) in [7, 11) is 0. The molecule has 0 aromatic rings. The second-order valence-electron chi connectivity index (χ2n) is 2.88. The fraction of sp³-hybridized carbons (Fsp3) is 0.778. The molecule has 1 amide bonds. The summed E-state index contributed by atoms with van der Waals surface area (Å²) < 4.78 is 9.04. The summed E-state index contributed by atoms with van der Waals surface area (Å²) in [6.45, 7) is 3.11. The minimum absolute atomic E-state index is 0.294. The maximum atomic E-state index is 10.9. The quantitative estimate of drug-likeness (QED) is 0.508. The molecule has 6 heteroatoms. The number of hydrogen-bond donors (Lipinski definition) is 2. The van der Waals surface area contributed by atoms with E-state index in [2.05, 4.69) is 14.8 Å². The highest BCUT2D eigenvalue weighted by molar-refractivity contribution is 5.70. The molecule has 0 heterocycles. The molecule has 2 N–H and O–H groups in total. The van der Waals surface area contributed by atoms with Gasteiger partial charge in [-0.3, -0.25) is 10.1 Å². The van der Waals surface area contributed by atoms with E-state index in [0.717, 1.165) is 0 Å². The number of alkyl carbamates (subject to hydrolysis) is 1. The van der Waals surface area contributed by atoms with E-state index in [1.165, 1.54) is 0 Å². The molecule has 15 heavy (non-hydrogen) atoms. The summed E-state index contributed by atoms with van der Waals surface area (Å²) >= 11 is 0. The van der Waals surface area contributed by atoms with E-state index < -0.39 is 25.1 Å². The number of carbonyl (C=O) groups is 2. The van der Waals surface area contributed by atoms with E-state index in [-0.39, 0.29) is 0 Å². The van der Waals surface area contributed by atoms with Gasteiger partial charge < -0.3 is 14.6 Å². The SMILES string of the molecule is CCCC(=O)OCOC(=O)NC(O)CC. The molecule has 0 aliphatic rings. The standard InChI is InChI=1S/C9H17NO5/c1-3-5-8(12)14-6-15-9(13)10-7(11)4-2/h7,11H,3-6H2,1-2H3,(H,10,13). The number of rotatable bonds is 6. The number of carbonyl (C=O) groups excluding carboxylic acids is 2. The fourth-order valence-electron chi connectivity index (χ4n) is 0.705. The van der Waals surface area contributed by atoms with Crippen molar-refractivity contribution in [2.24, 2.45) is 0 Å². The van der Waals surface area contributed by atoms with Gasteiger partial charge >= 0.3 is 12.1 Å². The minimum atomic E-state index is -0.941. The molecule has 0 aromatic heterocycles. The minimum Gasteiger partial charge on any atom is -0.428 e. The van der Waals surface area contributed by atoms with Crippen molar-refractivity contribution in [2.45, 2.75) is 39.3 Å². The number of aliphatic hydroxyl groups is 1. The maximum absolute atomic E-state index is 10.9. The summed E-state index contributed by atoms with van der Waals surface area (Å²) in [5.41, 5.74) is 0. The van der Waals surface area contributed by atoms with E-state index in [0.29, 0.717) is 19.3 Å². The van der Waals surface area contributed by atoms with E-state index in [1.54, 1.807) is 6.92 Å². The fourth-order valence-corrected chi connectivity index (χ4v) is 0.705. The van der Waals surface area contributed by atoms with Crippen LogP contribution in [0.1, 0.15) is 33.1 Å². The van der Waals surface area contributed by atoms with Crippen LogP contribution in [0.4, 0.5) is 4.79 Å². The molecular weight excluding hydrogens is 202 g/mol. The summed E-state index contributed by atoms with van der Waals surface area (Å²) in [4.78, 5) is 21.7. The van der Waals surface area contributed by atoms with Crippen LogP contribution in [0.3, 0.4) is 0 Å². The van der Waals surface area contributed by atoms with Gasteiger partial charge in [-0.15, -0.1) is 0 Å². The lowest BCUT2D eigenvalue weighted by molar-refractivity contribution is -0.151. The van der Waals surface area contributed by atoms with Gasteiger partial charge in [-0.25, -0.2) is 4.79 Å². The Hall–Kier alpha value is -1.30. The lowest BCUT2D eigenvalue weighted by atomic mass is 10.3. The van der Waals surface area contributed by atoms with Crippen LogP contribution in [0.15, 0.2) is 0 Å². The number of amides is 1. The van der Waals surface area contributed by atoms with Gasteiger partial charge in [-0.05, 0) is 12.8 Å². The Morgan fingerprint density at radius 1 is 1.33 bits per heavy atom. The van der Waals surface area contributed by atoms with Gasteiger partial charge in [0.05, 0.1) is 0 Å². The molecule has 0 aromatic carbocycles. The van der Waals surface area contributed by atoms with Crippen molar-refractivity contribution >= 4 is 12.1 Å². The molecule has 0 spiro atoms. The van der Waals surface area contributed by atoms with Gasteiger partial charge in [0.2, 0.25) is 6.79 Å². The average molecular weight is 219 g/mol. The molecular formula is C9H17NO5. The first-order chi connectivity index (χ1) is 7.10. The summed E-state index contributed by atoms with van der Waals surface area (Å²) in [6, 6.07) is 0. The zero-order valence-corrected chi connectivity index (χ0v) is 8.99. The van der Waals surface area contributed by atoms with Crippen molar-refractivity contribution in [1.82, 2.24) is 5.32 Å². The maximum Gasteiger partial charge on any atom is 0.412 e. The van der Waals surface area contributed by atoms with E-state index in [1.807, 2.05) is 6.92 Å². The monoisotopic (exact) mass is 219 g/mol. The molecule has 88 valence electrons. The van der Waals surface area contributed by atoms with Gasteiger partial charge in [-0.1, -0.05) is 13.8 Å². The van der Waals surface area contributed by atoms with Crippen LogP contribution in [0.2, 0.25) is 0 Å². The molecule has 0 saturated heterocycles. The van der Waals surface area contributed by atoms with Gasteiger partial charge in [-0.2, -0.15) is 0 Å². The van der Waals surface area contributed by atoms with Crippen molar-refractivity contribution in [3.05, 3.63) is 0 Å².